The van der Waals surface area contributed by atoms with Crippen molar-refractivity contribution in [3.8, 4) is 0 Å². The molecule has 0 aliphatic heterocycles. The van der Waals surface area contributed by atoms with E-state index >= 15 is 0 Å². The molecule has 1 aromatic rings. The van der Waals surface area contributed by atoms with Crippen molar-refractivity contribution in [2.24, 2.45) is 0 Å². The molecule has 0 aliphatic rings. The third-order valence-electron chi connectivity index (χ3n) is 2.43. The summed E-state index contributed by atoms with van der Waals surface area (Å²) in [5.41, 5.74) is 0.398. The van der Waals surface area contributed by atoms with Crippen LogP contribution in [0.25, 0.3) is 0 Å². The number of benzene rings is 1. The number of anilines is 1. The molecule has 1 amide bonds. The topological polar surface area (TPSA) is 57.6 Å². The van der Waals surface area contributed by atoms with Gasteiger partial charge in [-0.25, -0.2) is 4.39 Å². The van der Waals surface area contributed by atoms with Crippen molar-refractivity contribution in [2.45, 2.75) is 26.2 Å². The molecule has 0 atom stereocenters. The van der Waals surface area contributed by atoms with Crippen molar-refractivity contribution in [2.75, 3.05) is 11.4 Å². The van der Waals surface area contributed by atoms with Crippen molar-refractivity contribution in [3.63, 3.8) is 0 Å². The van der Waals surface area contributed by atoms with Crippen LogP contribution in [0.2, 0.25) is 0 Å². The average molecular weight is 253 g/mol. The van der Waals surface area contributed by atoms with Gasteiger partial charge < -0.3 is 10.0 Å². The highest BCUT2D eigenvalue weighted by Crippen LogP contribution is 2.17. The molecule has 0 saturated heterocycles. The van der Waals surface area contributed by atoms with E-state index < -0.39 is 11.8 Å². The van der Waals surface area contributed by atoms with Crippen molar-refractivity contribution < 1.29 is 19.1 Å². The number of carboxylic acid groups (broad SMARTS) is 1. The summed E-state index contributed by atoms with van der Waals surface area (Å²) in [7, 11) is 0. The third-order valence-corrected chi connectivity index (χ3v) is 2.43. The Kier molecular flexibility index (Phi) is 5.30. The van der Waals surface area contributed by atoms with Crippen LogP contribution in [-0.2, 0) is 9.59 Å². The molecule has 0 fully saturated rings. The molecule has 0 saturated carbocycles. The first-order valence-electron chi connectivity index (χ1n) is 5.82. The molecule has 5 heteroatoms. The highest BCUT2D eigenvalue weighted by atomic mass is 19.1. The monoisotopic (exact) mass is 253 g/mol. The summed E-state index contributed by atoms with van der Waals surface area (Å²) in [6.07, 6.45) is 0.819. The third kappa shape index (κ3) is 4.16. The molecule has 1 aromatic carbocycles. The second-order valence-corrected chi connectivity index (χ2v) is 3.92. The molecular formula is C13H16FNO3. The molecule has 18 heavy (non-hydrogen) atoms. The van der Waals surface area contributed by atoms with Crippen molar-refractivity contribution in [3.05, 3.63) is 30.1 Å². The Hall–Kier alpha value is -1.91. The Balaban J connectivity index is 2.88. The molecule has 0 unspecified atom stereocenters. The van der Waals surface area contributed by atoms with E-state index in [1.807, 2.05) is 6.92 Å². The van der Waals surface area contributed by atoms with Gasteiger partial charge in [0.15, 0.2) is 0 Å². The number of carbonyl (C=O) groups excluding carboxylic acids is 1. The molecule has 0 bridgehead atoms. The van der Waals surface area contributed by atoms with Crippen LogP contribution in [0, 0.1) is 5.82 Å². The number of hydrogen-bond donors (Lipinski definition) is 1. The summed E-state index contributed by atoms with van der Waals surface area (Å²) in [5, 5.41) is 8.66. The van der Waals surface area contributed by atoms with Gasteiger partial charge in [-0.2, -0.15) is 0 Å². The zero-order chi connectivity index (χ0) is 13.5. The van der Waals surface area contributed by atoms with Crippen molar-refractivity contribution in [1.82, 2.24) is 0 Å². The fourth-order valence-electron chi connectivity index (χ4n) is 1.60. The van der Waals surface area contributed by atoms with Crippen LogP contribution < -0.4 is 4.90 Å². The van der Waals surface area contributed by atoms with Gasteiger partial charge in [0.05, 0.1) is 6.42 Å². The van der Waals surface area contributed by atoms with E-state index in [-0.39, 0.29) is 18.9 Å². The number of rotatable bonds is 6. The first kappa shape index (κ1) is 14.2. The maximum absolute atomic E-state index is 13.1. The lowest BCUT2D eigenvalue weighted by Crippen LogP contribution is -2.32. The van der Waals surface area contributed by atoms with Crippen LogP contribution in [0.1, 0.15) is 26.2 Å². The summed E-state index contributed by atoms with van der Waals surface area (Å²) in [6, 6.07) is 5.61. The largest absolute Gasteiger partial charge is 0.481 e. The molecule has 0 heterocycles. The van der Waals surface area contributed by atoms with Crippen molar-refractivity contribution in [1.29, 1.82) is 0 Å². The average Bonchev–Trinajstić information content (AvgIpc) is 2.29. The van der Waals surface area contributed by atoms with Gasteiger partial charge in [0, 0.05) is 18.7 Å². The van der Waals surface area contributed by atoms with E-state index in [2.05, 4.69) is 0 Å². The number of carbonyl (C=O) groups is 2. The van der Waals surface area contributed by atoms with E-state index in [0.29, 0.717) is 18.5 Å². The van der Waals surface area contributed by atoms with Crippen LogP contribution in [-0.4, -0.2) is 23.5 Å². The van der Waals surface area contributed by atoms with Gasteiger partial charge in [0.1, 0.15) is 5.82 Å². The van der Waals surface area contributed by atoms with E-state index in [9.17, 15) is 14.0 Å². The lowest BCUT2D eigenvalue weighted by Gasteiger charge is -2.22. The zero-order valence-corrected chi connectivity index (χ0v) is 10.2. The number of hydrogen-bond acceptors (Lipinski definition) is 2. The Labute approximate surface area is 105 Å². The molecule has 1 rings (SSSR count). The minimum Gasteiger partial charge on any atom is -0.481 e. The fraction of sp³-hybridized carbons (Fsp3) is 0.385. The highest BCUT2D eigenvalue weighted by Gasteiger charge is 2.16. The maximum atomic E-state index is 13.1. The summed E-state index contributed by atoms with van der Waals surface area (Å²) in [6.45, 7) is 1.91. The summed E-state index contributed by atoms with van der Waals surface area (Å²) >= 11 is 0. The number of carboxylic acids is 1. The lowest BCUT2D eigenvalue weighted by molar-refractivity contribution is -0.136. The van der Waals surface area contributed by atoms with Gasteiger partial charge in [-0.15, -0.1) is 0 Å². The van der Waals surface area contributed by atoms with Crippen molar-refractivity contribution >= 4 is 17.6 Å². The summed E-state index contributed by atoms with van der Waals surface area (Å²) < 4.78 is 13.1. The SMILES string of the molecule is CCCC(=O)N(CCC(=O)O)c1cccc(F)c1. The molecular weight excluding hydrogens is 237 g/mol. The van der Waals surface area contributed by atoms with Crippen LogP contribution in [0.4, 0.5) is 10.1 Å². The predicted octanol–water partition coefficient (Wildman–Crippen LogP) is 2.43. The number of aliphatic carboxylic acids is 1. The number of amides is 1. The van der Waals surface area contributed by atoms with Crippen LogP contribution >= 0.6 is 0 Å². The maximum Gasteiger partial charge on any atom is 0.305 e. The van der Waals surface area contributed by atoms with Crippen LogP contribution in [0.3, 0.4) is 0 Å². The van der Waals surface area contributed by atoms with E-state index in [4.69, 9.17) is 5.11 Å². The molecule has 0 radical (unpaired) electrons. The second kappa shape index (κ2) is 6.74. The number of halogens is 1. The van der Waals surface area contributed by atoms with Gasteiger partial charge in [0.25, 0.3) is 0 Å². The summed E-state index contributed by atoms with van der Waals surface area (Å²) in [5.74, 6) is -1.62. The van der Waals surface area contributed by atoms with Gasteiger partial charge in [-0.3, -0.25) is 9.59 Å². The predicted molar refractivity (Wildman–Crippen MR) is 65.9 cm³/mol. The second-order valence-electron chi connectivity index (χ2n) is 3.92. The fourth-order valence-corrected chi connectivity index (χ4v) is 1.60. The van der Waals surface area contributed by atoms with E-state index in [1.165, 1.54) is 23.1 Å². The number of nitrogens with zero attached hydrogens (tertiary/aromatic N) is 1. The molecule has 98 valence electrons. The Morgan fingerprint density at radius 2 is 2.06 bits per heavy atom. The molecule has 4 nitrogen and oxygen atoms in total. The van der Waals surface area contributed by atoms with E-state index in [1.54, 1.807) is 6.07 Å². The van der Waals surface area contributed by atoms with Gasteiger partial charge >= 0.3 is 5.97 Å². The normalized spacial score (nSPS) is 10.1. The quantitative estimate of drug-likeness (QED) is 0.847. The van der Waals surface area contributed by atoms with Gasteiger partial charge in [0.2, 0.25) is 5.91 Å². The van der Waals surface area contributed by atoms with Crippen LogP contribution in [0.5, 0.6) is 0 Å². The molecule has 0 aliphatic carbocycles. The first-order valence-corrected chi connectivity index (χ1v) is 5.82. The Bertz CT molecular complexity index is 434. The first-order chi connectivity index (χ1) is 8.54. The standard InChI is InChI=1S/C13H16FNO3/c1-2-4-12(16)15(8-7-13(17)18)11-6-3-5-10(14)9-11/h3,5-6,9H,2,4,7-8H2,1H3,(H,17,18). The summed E-state index contributed by atoms with van der Waals surface area (Å²) in [4.78, 5) is 23.8. The molecule has 0 aromatic heterocycles. The molecule has 0 spiro atoms. The zero-order valence-electron chi connectivity index (χ0n) is 10.2. The highest BCUT2D eigenvalue weighted by molar-refractivity contribution is 5.93. The van der Waals surface area contributed by atoms with Crippen LogP contribution in [0.15, 0.2) is 24.3 Å². The Morgan fingerprint density at radius 1 is 1.33 bits per heavy atom. The van der Waals surface area contributed by atoms with E-state index in [0.717, 1.165) is 0 Å². The minimum atomic E-state index is -0.985. The lowest BCUT2D eigenvalue weighted by atomic mass is 10.2. The molecule has 1 N–H and O–H groups in total. The van der Waals surface area contributed by atoms with Gasteiger partial charge in [-0.05, 0) is 24.6 Å². The minimum absolute atomic E-state index is 0.0532. The Morgan fingerprint density at radius 3 is 2.61 bits per heavy atom. The smallest absolute Gasteiger partial charge is 0.305 e. The van der Waals surface area contributed by atoms with Gasteiger partial charge in [-0.1, -0.05) is 13.0 Å².